The van der Waals surface area contributed by atoms with Crippen LogP contribution in [-0.2, 0) is 23.9 Å². The molecule has 15 heavy (non-hydrogen) atoms. The predicted octanol–water partition coefficient (Wildman–Crippen LogP) is -0.520. The van der Waals surface area contributed by atoms with Crippen LogP contribution in [0.3, 0.4) is 0 Å². The quantitative estimate of drug-likeness (QED) is 0.395. The normalized spacial score (nSPS) is 43.2. The van der Waals surface area contributed by atoms with Crippen molar-refractivity contribution in [1.29, 1.82) is 0 Å². The van der Waals surface area contributed by atoms with Gasteiger partial charge in [0.2, 0.25) is 0 Å². The van der Waals surface area contributed by atoms with Gasteiger partial charge in [-0.2, -0.15) is 0 Å². The molecule has 0 aromatic heterocycles. The fourth-order valence-corrected chi connectivity index (χ4v) is 2.98. The van der Waals surface area contributed by atoms with Gasteiger partial charge in [-0.3, -0.25) is 19.2 Å². The molecule has 0 amide bonds. The van der Waals surface area contributed by atoms with Gasteiger partial charge >= 0.3 is 11.9 Å². The zero-order valence-electron chi connectivity index (χ0n) is 7.76. The maximum Gasteiger partial charge on any atom is 0.318 e. The van der Waals surface area contributed by atoms with Gasteiger partial charge in [0.05, 0.1) is 11.8 Å². The molecule has 1 saturated heterocycles. The van der Waals surface area contributed by atoms with E-state index in [-0.39, 0.29) is 24.4 Å². The smallest absolute Gasteiger partial charge is 0.318 e. The second kappa shape index (κ2) is 2.53. The van der Waals surface area contributed by atoms with Crippen LogP contribution >= 0.6 is 0 Å². The standard InChI is InChI=1S/C10H8O5/c11-5-1-3-6(12)2-4(5)8-7(3)9(13)15-10(8)14/h3-4,7-8H,1-2H2/t3-,4+,7-,8-/m1/s1. The minimum Gasteiger partial charge on any atom is -0.393 e. The third-order valence-corrected chi connectivity index (χ3v) is 3.67. The minimum atomic E-state index is -0.679. The highest BCUT2D eigenvalue weighted by molar-refractivity contribution is 6.09. The molecule has 4 rings (SSSR count). The van der Waals surface area contributed by atoms with Gasteiger partial charge in [0.15, 0.2) is 0 Å². The molecule has 4 atom stereocenters. The molecular formula is C10H8O5. The molecule has 0 spiro atoms. The van der Waals surface area contributed by atoms with Crippen molar-refractivity contribution in [3.05, 3.63) is 0 Å². The number of ether oxygens (including phenoxy) is 1. The Balaban J connectivity index is 2.09. The van der Waals surface area contributed by atoms with Crippen molar-refractivity contribution < 1.29 is 23.9 Å². The Kier molecular flexibility index (Phi) is 1.48. The van der Waals surface area contributed by atoms with E-state index in [0.29, 0.717) is 0 Å². The molecule has 5 nitrogen and oxygen atoms in total. The summed E-state index contributed by atoms with van der Waals surface area (Å²) < 4.78 is 4.50. The molecule has 3 aliphatic carbocycles. The number of Topliss-reactive ketones (excluding diaryl/α,β-unsaturated/α-hetero) is 2. The van der Waals surface area contributed by atoms with Crippen molar-refractivity contribution in [3.8, 4) is 0 Å². The Morgan fingerprint density at radius 3 is 1.60 bits per heavy atom. The van der Waals surface area contributed by atoms with Crippen LogP contribution < -0.4 is 0 Å². The number of carbonyl (C=O) groups excluding carboxylic acids is 4. The van der Waals surface area contributed by atoms with E-state index in [0.717, 1.165) is 0 Å². The van der Waals surface area contributed by atoms with Crippen LogP contribution in [0.25, 0.3) is 0 Å². The summed E-state index contributed by atoms with van der Waals surface area (Å²) >= 11 is 0. The summed E-state index contributed by atoms with van der Waals surface area (Å²) in [6, 6.07) is 0. The SMILES string of the molecule is O=C1OC(=O)[C@H]2[C@H]1[C@@H]1CC(=O)[C@@H]2CC1=O. The molecule has 4 aliphatic rings. The number of rotatable bonds is 0. The first kappa shape index (κ1) is 8.76. The Hall–Kier alpha value is -1.52. The second-order valence-electron chi connectivity index (χ2n) is 4.35. The van der Waals surface area contributed by atoms with E-state index < -0.39 is 35.6 Å². The van der Waals surface area contributed by atoms with Gasteiger partial charge in [0.25, 0.3) is 0 Å². The molecule has 0 unspecified atom stereocenters. The summed E-state index contributed by atoms with van der Waals surface area (Å²) in [6.07, 6.45) is 0.208. The highest BCUT2D eigenvalue weighted by Gasteiger charge is 2.62. The first-order valence-corrected chi connectivity index (χ1v) is 4.90. The van der Waals surface area contributed by atoms with Gasteiger partial charge in [0.1, 0.15) is 11.6 Å². The topological polar surface area (TPSA) is 77.5 Å². The highest BCUT2D eigenvalue weighted by atomic mass is 16.6. The van der Waals surface area contributed by atoms with E-state index in [2.05, 4.69) is 4.74 Å². The monoisotopic (exact) mass is 208 g/mol. The highest BCUT2D eigenvalue weighted by Crippen LogP contribution is 2.49. The summed E-state index contributed by atoms with van der Waals surface area (Å²) in [5.41, 5.74) is 0. The summed E-state index contributed by atoms with van der Waals surface area (Å²) in [7, 11) is 0. The summed E-state index contributed by atoms with van der Waals surface area (Å²) in [4.78, 5) is 45.8. The maximum atomic E-state index is 11.5. The van der Waals surface area contributed by atoms with E-state index in [4.69, 9.17) is 0 Å². The molecule has 0 aromatic carbocycles. The third-order valence-electron chi connectivity index (χ3n) is 3.67. The van der Waals surface area contributed by atoms with Gasteiger partial charge < -0.3 is 4.74 Å². The van der Waals surface area contributed by atoms with Crippen molar-refractivity contribution in [3.63, 3.8) is 0 Å². The van der Waals surface area contributed by atoms with E-state index in [1.54, 1.807) is 0 Å². The Bertz CT molecular complexity index is 372. The largest absolute Gasteiger partial charge is 0.393 e. The molecule has 1 heterocycles. The van der Waals surface area contributed by atoms with Gasteiger partial charge in [-0.25, -0.2) is 0 Å². The molecule has 3 saturated carbocycles. The molecule has 2 bridgehead atoms. The first-order chi connectivity index (χ1) is 7.09. The summed E-state index contributed by atoms with van der Waals surface area (Å²) in [5, 5.41) is 0. The lowest BCUT2D eigenvalue weighted by Gasteiger charge is -2.39. The molecule has 4 fully saturated rings. The molecule has 0 N–H and O–H groups in total. The fourth-order valence-electron chi connectivity index (χ4n) is 2.98. The Morgan fingerprint density at radius 1 is 0.800 bits per heavy atom. The van der Waals surface area contributed by atoms with Gasteiger partial charge in [-0.15, -0.1) is 0 Å². The average Bonchev–Trinajstić information content (AvgIpc) is 2.46. The average molecular weight is 208 g/mol. The summed E-state index contributed by atoms with van der Waals surface area (Å²) in [5.74, 6) is -3.97. The van der Waals surface area contributed by atoms with Crippen LogP contribution in [0, 0.1) is 23.7 Å². The number of hydrogen-bond acceptors (Lipinski definition) is 5. The Labute approximate surface area is 84.8 Å². The van der Waals surface area contributed by atoms with Crippen LogP contribution in [0.15, 0.2) is 0 Å². The molecular weight excluding hydrogens is 200 g/mol. The number of ketones is 2. The summed E-state index contributed by atoms with van der Waals surface area (Å²) in [6.45, 7) is 0. The van der Waals surface area contributed by atoms with E-state index in [9.17, 15) is 19.2 Å². The molecule has 0 aromatic rings. The van der Waals surface area contributed by atoms with Crippen LogP contribution in [0.4, 0.5) is 0 Å². The number of fused-ring (bicyclic) bond motifs is 2. The number of hydrogen-bond donors (Lipinski definition) is 0. The lowest BCUT2D eigenvalue weighted by molar-refractivity contribution is -0.154. The van der Waals surface area contributed by atoms with Crippen molar-refractivity contribution in [1.82, 2.24) is 0 Å². The van der Waals surface area contributed by atoms with E-state index in [1.165, 1.54) is 0 Å². The first-order valence-electron chi connectivity index (χ1n) is 4.90. The fraction of sp³-hybridized carbons (Fsp3) is 0.600. The maximum absolute atomic E-state index is 11.5. The van der Waals surface area contributed by atoms with Gasteiger partial charge in [-0.05, 0) is 0 Å². The molecule has 78 valence electrons. The van der Waals surface area contributed by atoms with Crippen LogP contribution in [0.1, 0.15) is 12.8 Å². The van der Waals surface area contributed by atoms with Crippen LogP contribution in [-0.4, -0.2) is 23.5 Å². The minimum absolute atomic E-state index is 0.0764. The van der Waals surface area contributed by atoms with Crippen molar-refractivity contribution >= 4 is 23.5 Å². The van der Waals surface area contributed by atoms with Gasteiger partial charge in [-0.1, -0.05) is 0 Å². The lowest BCUT2D eigenvalue weighted by Crippen LogP contribution is -2.51. The number of esters is 2. The van der Waals surface area contributed by atoms with Crippen molar-refractivity contribution in [2.75, 3.05) is 0 Å². The Morgan fingerprint density at radius 2 is 1.20 bits per heavy atom. The van der Waals surface area contributed by atoms with Crippen molar-refractivity contribution in [2.24, 2.45) is 23.7 Å². The zero-order valence-corrected chi connectivity index (χ0v) is 7.76. The molecule has 5 heteroatoms. The van der Waals surface area contributed by atoms with Crippen LogP contribution in [0.2, 0.25) is 0 Å². The zero-order chi connectivity index (χ0) is 10.7. The van der Waals surface area contributed by atoms with Gasteiger partial charge in [0, 0.05) is 24.7 Å². The van der Waals surface area contributed by atoms with E-state index in [1.807, 2.05) is 0 Å². The van der Waals surface area contributed by atoms with Crippen molar-refractivity contribution in [2.45, 2.75) is 12.8 Å². The predicted molar refractivity (Wildman–Crippen MR) is 44.3 cm³/mol. The van der Waals surface area contributed by atoms with Crippen LogP contribution in [0.5, 0.6) is 0 Å². The van der Waals surface area contributed by atoms with E-state index >= 15 is 0 Å². The number of cyclic esters (lactones) is 2. The second-order valence-corrected chi connectivity index (χ2v) is 4.35. The lowest BCUT2D eigenvalue weighted by atomic mass is 9.58. The third kappa shape index (κ3) is 0.926. The number of carbonyl (C=O) groups is 4. The molecule has 0 radical (unpaired) electrons. The molecule has 1 aliphatic heterocycles.